The van der Waals surface area contributed by atoms with Crippen LogP contribution in [0.5, 0.6) is 5.75 Å². The van der Waals surface area contributed by atoms with Gasteiger partial charge in [-0.3, -0.25) is 0 Å². The Morgan fingerprint density at radius 3 is 2.50 bits per heavy atom. The van der Waals surface area contributed by atoms with Gasteiger partial charge in [-0.05, 0) is 36.4 Å². The maximum Gasteiger partial charge on any atom is 0.573 e. The fraction of sp³-hybridized carbons (Fsp3) is 0.158. The summed E-state index contributed by atoms with van der Waals surface area (Å²) in [6, 6.07) is 9.98. The highest BCUT2D eigenvalue weighted by molar-refractivity contribution is 7.89. The highest BCUT2D eigenvalue weighted by Gasteiger charge is 2.31. The Hall–Kier alpha value is -3.03. The third-order valence-electron chi connectivity index (χ3n) is 4.31. The van der Waals surface area contributed by atoms with Crippen LogP contribution in [0.15, 0.2) is 58.8 Å². The summed E-state index contributed by atoms with van der Waals surface area (Å²) in [5.74, 6) is -0.751. The molecule has 0 fully saturated rings. The number of alkyl halides is 3. The first-order valence-electron chi connectivity index (χ1n) is 9.06. The molecule has 0 atom stereocenters. The van der Waals surface area contributed by atoms with E-state index in [-0.39, 0.29) is 29.2 Å². The van der Waals surface area contributed by atoms with Crippen molar-refractivity contribution in [1.82, 2.24) is 19.3 Å². The molecule has 2 aromatic heterocycles. The first kappa shape index (κ1) is 22.2. The molecule has 168 valence electrons. The van der Waals surface area contributed by atoms with Crippen molar-refractivity contribution >= 4 is 26.3 Å². The average molecular weight is 486 g/mol. The number of fused-ring (bicyclic) bond motifs is 1. The van der Waals surface area contributed by atoms with Crippen molar-refractivity contribution in [1.29, 1.82) is 0 Å². The van der Waals surface area contributed by atoms with Gasteiger partial charge in [-0.25, -0.2) is 22.0 Å². The Morgan fingerprint density at radius 1 is 1.09 bits per heavy atom. The van der Waals surface area contributed by atoms with Crippen molar-refractivity contribution in [3.05, 3.63) is 65.4 Å². The summed E-state index contributed by atoms with van der Waals surface area (Å²) >= 11 is 1.28. The van der Waals surface area contributed by atoms with E-state index < -0.39 is 28.0 Å². The van der Waals surface area contributed by atoms with Crippen molar-refractivity contribution in [3.8, 4) is 17.1 Å². The largest absolute Gasteiger partial charge is 0.573 e. The molecule has 4 rings (SSSR count). The number of halogens is 4. The predicted octanol–water partition coefficient (Wildman–Crippen LogP) is 4.02. The second-order valence-corrected chi connectivity index (χ2v) is 9.11. The number of sulfonamides is 1. The van der Waals surface area contributed by atoms with Crippen LogP contribution in [0, 0.1) is 5.82 Å². The molecule has 0 unspecified atom stereocenters. The number of rotatable bonds is 7. The summed E-state index contributed by atoms with van der Waals surface area (Å²) in [6.45, 7) is 0.00383. The van der Waals surface area contributed by atoms with Gasteiger partial charge in [0, 0.05) is 18.3 Å². The van der Waals surface area contributed by atoms with Gasteiger partial charge in [0.2, 0.25) is 15.0 Å². The first-order chi connectivity index (χ1) is 15.1. The predicted molar refractivity (Wildman–Crippen MR) is 108 cm³/mol. The van der Waals surface area contributed by atoms with Crippen LogP contribution in [-0.2, 0) is 16.4 Å². The van der Waals surface area contributed by atoms with Gasteiger partial charge in [-0.15, -0.1) is 29.6 Å². The minimum atomic E-state index is -4.86. The molecule has 7 nitrogen and oxygen atoms in total. The van der Waals surface area contributed by atoms with E-state index in [2.05, 4.69) is 19.5 Å². The van der Waals surface area contributed by atoms with E-state index in [0.717, 1.165) is 24.3 Å². The number of ether oxygens (including phenoxy) is 1. The van der Waals surface area contributed by atoms with E-state index in [1.165, 1.54) is 21.9 Å². The van der Waals surface area contributed by atoms with Crippen molar-refractivity contribution in [2.45, 2.75) is 17.7 Å². The van der Waals surface area contributed by atoms with Crippen molar-refractivity contribution < 1.29 is 30.7 Å². The first-order valence-corrected chi connectivity index (χ1v) is 11.4. The molecule has 0 spiro atoms. The summed E-state index contributed by atoms with van der Waals surface area (Å²) in [6.07, 6.45) is -4.60. The van der Waals surface area contributed by atoms with Crippen LogP contribution in [0.2, 0.25) is 0 Å². The summed E-state index contributed by atoms with van der Waals surface area (Å²) in [7, 11) is -3.95. The van der Waals surface area contributed by atoms with E-state index in [9.17, 15) is 26.0 Å². The Morgan fingerprint density at radius 2 is 1.81 bits per heavy atom. The average Bonchev–Trinajstić information content (AvgIpc) is 3.29. The van der Waals surface area contributed by atoms with Gasteiger partial charge in [-0.1, -0.05) is 12.1 Å². The lowest BCUT2D eigenvalue weighted by molar-refractivity contribution is -0.274. The molecule has 0 saturated heterocycles. The zero-order valence-electron chi connectivity index (χ0n) is 16.0. The standard InChI is InChI=1S/C19H14F4N4O3S2/c20-16-4-2-1-3-15(16)17-25-18-27(26-17)12(11-31-18)9-10-24-32(28,29)14-7-5-13(6-8-14)30-19(21,22)23/h1-8,11,24H,9-10H2. The summed E-state index contributed by atoms with van der Waals surface area (Å²) in [4.78, 5) is 4.63. The van der Waals surface area contributed by atoms with Crippen LogP contribution < -0.4 is 9.46 Å². The van der Waals surface area contributed by atoms with Crippen molar-refractivity contribution in [2.24, 2.45) is 0 Å². The van der Waals surface area contributed by atoms with Crippen molar-refractivity contribution in [2.75, 3.05) is 6.54 Å². The number of aromatic nitrogens is 3. The molecule has 0 bridgehead atoms. The molecular weight excluding hydrogens is 472 g/mol. The minimum Gasteiger partial charge on any atom is -0.406 e. The highest BCUT2D eigenvalue weighted by Crippen LogP contribution is 2.25. The molecule has 0 aliphatic heterocycles. The molecule has 0 aliphatic rings. The molecule has 2 heterocycles. The molecule has 0 aliphatic carbocycles. The molecule has 2 aromatic carbocycles. The molecular formula is C19H14F4N4O3S2. The summed E-state index contributed by atoms with van der Waals surface area (Å²) < 4.78 is 83.1. The lowest BCUT2D eigenvalue weighted by Gasteiger charge is -2.10. The maximum atomic E-state index is 14.0. The zero-order chi connectivity index (χ0) is 22.9. The Labute approximate surface area is 183 Å². The van der Waals surface area contributed by atoms with Gasteiger partial charge >= 0.3 is 6.36 Å². The van der Waals surface area contributed by atoms with Crippen LogP contribution in [-0.4, -0.2) is 35.9 Å². The number of nitrogens with one attached hydrogen (secondary N) is 1. The number of hydrogen-bond acceptors (Lipinski definition) is 6. The molecule has 13 heteroatoms. The maximum absolute atomic E-state index is 14.0. The fourth-order valence-electron chi connectivity index (χ4n) is 2.87. The van der Waals surface area contributed by atoms with Crippen LogP contribution in [0.4, 0.5) is 17.6 Å². The fourth-order valence-corrected chi connectivity index (χ4v) is 4.76. The number of nitrogens with zero attached hydrogens (tertiary/aromatic N) is 3. The Kier molecular flexibility index (Phi) is 5.88. The summed E-state index contributed by atoms with van der Waals surface area (Å²) in [5, 5.41) is 6.07. The topological polar surface area (TPSA) is 85.6 Å². The van der Waals surface area contributed by atoms with Gasteiger partial charge in [0.05, 0.1) is 16.2 Å². The van der Waals surface area contributed by atoms with Crippen LogP contribution in [0.3, 0.4) is 0 Å². The number of hydrogen-bond donors (Lipinski definition) is 1. The highest BCUT2D eigenvalue weighted by atomic mass is 32.2. The molecule has 0 amide bonds. The van der Waals surface area contributed by atoms with Gasteiger partial charge < -0.3 is 4.74 Å². The third kappa shape index (κ3) is 4.89. The van der Waals surface area contributed by atoms with E-state index in [1.54, 1.807) is 23.6 Å². The van der Waals surface area contributed by atoms with Crippen LogP contribution in [0.1, 0.15) is 5.69 Å². The SMILES string of the molecule is O=S(=O)(NCCc1csc2nc(-c3ccccc3F)nn12)c1ccc(OC(F)(F)F)cc1. The zero-order valence-corrected chi connectivity index (χ0v) is 17.6. The molecule has 4 aromatic rings. The van der Waals surface area contributed by atoms with Crippen molar-refractivity contribution in [3.63, 3.8) is 0 Å². The van der Waals surface area contributed by atoms with Gasteiger partial charge in [0.15, 0.2) is 5.82 Å². The molecule has 0 saturated carbocycles. The monoisotopic (exact) mass is 486 g/mol. The van der Waals surface area contributed by atoms with E-state index >= 15 is 0 Å². The smallest absolute Gasteiger partial charge is 0.406 e. The second kappa shape index (κ2) is 8.48. The second-order valence-electron chi connectivity index (χ2n) is 6.50. The van der Waals surface area contributed by atoms with E-state index in [1.807, 2.05) is 0 Å². The molecule has 32 heavy (non-hydrogen) atoms. The minimum absolute atomic E-state index is 0.00383. The number of thiazole rings is 1. The quantitative estimate of drug-likeness (QED) is 0.399. The Bertz CT molecular complexity index is 1350. The lowest BCUT2D eigenvalue weighted by Crippen LogP contribution is -2.26. The van der Waals surface area contributed by atoms with Crippen LogP contribution in [0.25, 0.3) is 16.3 Å². The molecule has 1 N–H and O–H groups in total. The van der Waals surface area contributed by atoms with E-state index in [4.69, 9.17) is 0 Å². The van der Waals surface area contributed by atoms with E-state index in [0.29, 0.717) is 10.7 Å². The van der Waals surface area contributed by atoms with Gasteiger partial charge in [0.1, 0.15) is 11.6 Å². The van der Waals surface area contributed by atoms with Crippen LogP contribution >= 0.6 is 11.3 Å². The van der Waals surface area contributed by atoms with Gasteiger partial charge in [-0.2, -0.15) is 4.98 Å². The number of benzene rings is 2. The lowest BCUT2D eigenvalue weighted by atomic mass is 10.2. The van der Waals surface area contributed by atoms with Gasteiger partial charge in [0.25, 0.3) is 0 Å². The Balaban J connectivity index is 1.43. The summed E-state index contributed by atoms with van der Waals surface area (Å²) in [5.41, 5.74) is 0.921. The third-order valence-corrected chi connectivity index (χ3v) is 6.65. The molecule has 0 radical (unpaired) electrons. The normalized spacial score (nSPS) is 12.4.